The first-order valence-corrected chi connectivity index (χ1v) is 5.90. The van der Waals surface area contributed by atoms with Gasteiger partial charge in [-0.3, -0.25) is 0 Å². The van der Waals surface area contributed by atoms with E-state index in [9.17, 15) is 4.39 Å². The van der Waals surface area contributed by atoms with Crippen LogP contribution in [-0.4, -0.2) is 17.6 Å². The third-order valence-corrected chi connectivity index (χ3v) is 3.11. The van der Waals surface area contributed by atoms with Crippen LogP contribution in [0.2, 0.25) is 0 Å². The molecule has 0 aliphatic heterocycles. The van der Waals surface area contributed by atoms with Crippen molar-refractivity contribution in [1.82, 2.24) is 0 Å². The fraction of sp³-hybridized carbons (Fsp3) is 0.417. The fourth-order valence-corrected chi connectivity index (χ4v) is 2.03. The smallest absolute Gasteiger partial charge is 0.147 e. The zero-order valence-electron chi connectivity index (χ0n) is 9.24. The van der Waals surface area contributed by atoms with E-state index in [1.165, 1.54) is 6.07 Å². The van der Waals surface area contributed by atoms with Gasteiger partial charge in [-0.1, -0.05) is 12.2 Å². The predicted octanol–water partition coefficient (Wildman–Crippen LogP) is 2.45. The van der Waals surface area contributed by atoms with Crippen molar-refractivity contribution in [2.24, 2.45) is 5.73 Å². The molecule has 1 fully saturated rings. The van der Waals surface area contributed by atoms with Crippen molar-refractivity contribution in [2.45, 2.75) is 25.8 Å². The summed E-state index contributed by atoms with van der Waals surface area (Å²) in [5.41, 5.74) is 6.71. The molecule has 4 heteroatoms. The lowest BCUT2D eigenvalue weighted by Crippen LogP contribution is -2.26. The highest BCUT2D eigenvalue weighted by atomic mass is 32.1. The van der Waals surface area contributed by atoms with Crippen LogP contribution >= 0.6 is 12.2 Å². The van der Waals surface area contributed by atoms with E-state index in [-0.39, 0.29) is 10.8 Å². The highest BCUT2D eigenvalue weighted by Crippen LogP contribution is 2.33. The van der Waals surface area contributed by atoms with Crippen LogP contribution in [0.25, 0.3) is 0 Å². The van der Waals surface area contributed by atoms with Gasteiger partial charge in [0.05, 0.1) is 5.69 Å². The lowest BCUT2D eigenvalue weighted by molar-refractivity contribution is 0.617. The molecular formula is C12H15FN2S. The average molecular weight is 238 g/mol. The summed E-state index contributed by atoms with van der Waals surface area (Å²) >= 11 is 4.82. The topological polar surface area (TPSA) is 29.3 Å². The van der Waals surface area contributed by atoms with Crippen LogP contribution in [0.4, 0.5) is 10.1 Å². The van der Waals surface area contributed by atoms with Gasteiger partial charge in [0.25, 0.3) is 0 Å². The number of halogens is 1. The third-order valence-electron chi connectivity index (χ3n) is 2.87. The Hall–Kier alpha value is -1.16. The second kappa shape index (κ2) is 4.37. The number of hydrogen-bond donors (Lipinski definition) is 1. The lowest BCUT2D eigenvalue weighted by Gasteiger charge is -2.23. The van der Waals surface area contributed by atoms with Crippen LogP contribution < -0.4 is 10.6 Å². The number of nitrogens with zero attached hydrogens (tertiary/aromatic N) is 1. The van der Waals surface area contributed by atoms with Gasteiger partial charge in [-0.2, -0.15) is 0 Å². The average Bonchev–Trinajstić information content (AvgIpc) is 3.05. The molecule has 0 spiro atoms. The van der Waals surface area contributed by atoms with Crippen LogP contribution in [0, 0.1) is 5.82 Å². The molecule has 0 saturated heterocycles. The van der Waals surface area contributed by atoms with Gasteiger partial charge in [-0.05, 0) is 38.0 Å². The molecule has 0 bridgehead atoms. The van der Waals surface area contributed by atoms with Crippen LogP contribution in [0.1, 0.15) is 25.3 Å². The minimum absolute atomic E-state index is 0.236. The highest BCUT2D eigenvalue weighted by Gasteiger charge is 2.29. The van der Waals surface area contributed by atoms with Crippen molar-refractivity contribution in [2.75, 3.05) is 11.4 Å². The molecule has 0 atom stereocenters. The standard InChI is InChI=1S/C12H15FN2S/c1-2-15(9-4-5-9)11-6-3-8(12(14)16)7-10(11)13/h3,6-7,9H,2,4-5H2,1H3,(H2,14,16). The third kappa shape index (κ3) is 2.16. The van der Waals surface area contributed by atoms with E-state index in [4.69, 9.17) is 18.0 Å². The molecule has 1 aliphatic carbocycles. The molecule has 2 rings (SSSR count). The first-order valence-electron chi connectivity index (χ1n) is 5.49. The second-order valence-corrected chi connectivity index (χ2v) is 4.49. The van der Waals surface area contributed by atoms with E-state index in [1.54, 1.807) is 12.1 Å². The van der Waals surface area contributed by atoms with Crippen molar-refractivity contribution < 1.29 is 4.39 Å². The zero-order valence-corrected chi connectivity index (χ0v) is 10.1. The summed E-state index contributed by atoms with van der Waals surface area (Å²) in [6.45, 7) is 2.87. The van der Waals surface area contributed by atoms with Gasteiger partial charge < -0.3 is 10.6 Å². The number of benzene rings is 1. The zero-order chi connectivity index (χ0) is 11.7. The van der Waals surface area contributed by atoms with E-state index in [0.717, 1.165) is 19.4 Å². The summed E-state index contributed by atoms with van der Waals surface area (Å²) in [4.78, 5) is 2.33. The van der Waals surface area contributed by atoms with Crippen LogP contribution in [0.15, 0.2) is 18.2 Å². The molecule has 1 saturated carbocycles. The fourth-order valence-electron chi connectivity index (χ4n) is 1.90. The quantitative estimate of drug-likeness (QED) is 0.817. The van der Waals surface area contributed by atoms with Crippen molar-refractivity contribution in [3.8, 4) is 0 Å². The molecule has 16 heavy (non-hydrogen) atoms. The van der Waals surface area contributed by atoms with E-state index in [0.29, 0.717) is 17.3 Å². The summed E-state index contributed by atoms with van der Waals surface area (Å²) in [5.74, 6) is -0.237. The van der Waals surface area contributed by atoms with Gasteiger partial charge in [0.15, 0.2) is 0 Å². The van der Waals surface area contributed by atoms with E-state index in [1.807, 2.05) is 6.92 Å². The Balaban J connectivity index is 2.30. The Morgan fingerprint density at radius 1 is 1.56 bits per heavy atom. The number of nitrogens with two attached hydrogens (primary N) is 1. The molecule has 0 radical (unpaired) electrons. The minimum Gasteiger partial charge on any atom is -0.389 e. The van der Waals surface area contributed by atoms with Crippen molar-refractivity contribution in [3.63, 3.8) is 0 Å². The maximum Gasteiger partial charge on any atom is 0.147 e. The Morgan fingerprint density at radius 2 is 2.25 bits per heavy atom. The van der Waals surface area contributed by atoms with Crippen molar-refractivity contribution in [3.05, 3.63) is 29.6 Å². The van der Waals surface area contributed by atoms with E-state index >= 15 is 0 Å². The Kier molecular flexibility index (Phi) is 3.10. The summed E-state index contributed by atoms with van der Waals surface area (Å²) < 4.78 is 13.9. The van der Waals surface area contributed by atoms with Gasteiger partial charge in [-0.25, -0.2) is 4.39 Å². The van der Waals surface area contributed by atoms with Gasteiger partial charge in [0, 0.05) is 18.2 Å². The molecule has 0 heterocycles. The molecule has 0 unspecified atom stereocenters. The van der Waals surface area contributed by atoms with Crippen LogP contribution in [0.3, 0.4) is 0 Å². The number of anilines is 1. The maximum absolute atomic E-state index is 13.9. The van der Waals surface area contributed by atoms with Gasteiger partial charge in [0.1, 0.15) is 10.8 Å². The summed E-state index contributed by atoms with van der Waals surface area (Å²) in [6, 6.07) is 5.48. The van der Waals surface area contributed by atoms with Crippen molar-refractivity contribution >= 4 is 22.9 Å². The molecular weight excluding hydrogens is 223 g/mol. The van der Waals surface area contributed by atoms with Crippen LogP contribution in [0.5, 0.6) is 0 Å². The van der Waals surface area contributed by atoms with E-state index in [2.05, 4.69) is 4.90 Å². The van der Waals surface area contributed by atoms with Crippen LogP contribution in [-0.2, 0) is 0 Å². The molecule has 2 N–H and O–H groups in total. The molecule has 0 amide bonds. The largest absolute Gasteiger partial charge is 0.389 e. The Morgan fingerprint density at radius 3 is 2.69 bits per heavy atom. The lowest BCUT2D eigenvalue weighted by atomic mass is 10.2. The normalized spacial score (nSPS) is 14.9. The summed E-state index contributed by atoms with van der Waals surface area (Å²) in [6.07, 6.45) is 2.31. The van der Waals surface area contributed by atoms with Gasteiger partial charge >= 0.3 is 0 Å². The summed E-state index contributed by atoms with van der Waals surface area (Å²) in [5, 5.41) is 0. The Labute approximate surface area is 100 Å². The molecule has 86 valence electrons. The van der Waals surface area contributed by atoms with Crippen molar-refractivity contribution in [1.29, 1.82) is 0 Å². The molecule has 2 nitrogen and oxygen atoms in total. The highest BCUT2D eigenvalue weighted by molar-refractivity contribution is 7.80. The number of rotatable bonds is 4. The second-order valence-electron chi connectivity index (χ2n) is 4.05. The maximum atomic E-state index is 13.9. The Bertz CT molecular complexity index is 415. The molecule has 1 aromatic carbocycles. The molecule has 0 aromatic heterocycles. The number of hydrogen-bond acceptors (Lipinski definition) is 2. The summed E-state index contributed by atoms with van der Waals surface area (Å²) in [7, 11) is 0. The van der Waals surface area contributed by atoms with Gasteiger partial charge in [0.2, 0.25) is 0 Å². The SMILES string of the molecule is CCN(c1ccc(C(N)=S)cc1F)C1CC1. The van der Waals surface area contributed by atoms with E-state index < -0.39 is 0 Å². The number of thiocarbonyl (C=S) groups is 1. The predicted molar refractivity (Wildman–Crippen MR) is 68.3 cm³/mol. The first-order chi connectivity index (χ1) is 7.63. The minimum atomic E-state index is -0.237. The molecule has 1 aliphatic rings. The monoisotopic (exact) mass is 238 g/mol. The first kappa shape index (κ1) is 11.3. The molecule has 1 aromatic rings. The van der Waals surface area contributed by atoms with Gasteiger partial charge in [-0.15, -0.1) is 0 Å².